The van der Waals surface area contributed by atoms with Gasteiger partial charge in [-0.05, 0) is 24.4 Å². The third-order valence-electron chi connectivity index (χ3n) is 1.70. The molecular formula is C8H7I2NS2. The van der Waals surface area contributed by atoms with Crippen molar-refractivity contribution in [3.05, 3.63) is 28.2 Å². The molecule has 1 heterocycles. The fourth-order valence-electron chi connectivity index (χ4n) is 1.08. The third-order valence-corrected chi connectivity index (χ3v) is 3.24. The van der Waals surface area contributed by atoms with E-state index in [9.17, 15) is 0 Å². The molecule has 0 aliphatic rings. The van der Waals surface area contributed by atoms with E-state index in [4.69, 9.17) is 12.2 Å². The second kappa shape index (κ2) is 5.62. The fourth-order valence-corrected chi connectivity index (χ4v) is 2.33. The van der Waals surface area contributed by atoms with Gasteiger partial charge in [-0.1, -0.05) is 12.1 Å². The highest BCUT2D eigenvalue weighted by Crippen LogP contribution is 2.20. The Bertz CT molecular complexity index is 447. The van der Waals surface area contributed by atoms with Crippen LogP contribution in [-0.4, -0.2) is 4.57 Å². The summed E-state index contributed by atoms with van der Waals surface area (Å²) in [5.74, 6) is 0. The van der Waals surface area contributed by atoms with Crippen molar-refractivity contribution >= 4 is 71.0 Å². The standard InChI is InChI=1S/C8H7NS2.I2/c1-9-6-4-2-3-5-7(6)11-8(9)10;1-2/h2-5H,1H3;. The predicted octanol–water partition coefficient (Wildman–Crippen LogP) is 4.74. The Labute approximate surface area is 109 Å². The van der Waals surface area contributed by atoms with Crippen LogP contribution in [0, 0.1) is 3.95 Å². The van der Waals surface area contributed by atoms with Crippen molar-refractivity contribution in [2.75, 3.05) is 0 Å². The van der Waals surface area contributed by atoms with Crippen molar-refractivity contribution in [2.24, 2.45) is 7.05 Å². The average Bonchev–Trinajstić information content (AvgIpc) is 2.47. The van der Waals surface area contributed by atoms with E-state index >= 15 is 0 Å². The Morgan fingerprint density at radius 1 is 1.31 bits per heavy atom. The summed E-state index contributed by atoms with van der Waals surface area (Å²) in [7, 11) is 2.00. The summed E-state index contributed by atoms with van der Waals surface area (Å²) in [5.41, 5.74) is 1.22. The van der Waals surface area contributed by atoms with Gasteiger partial charge in [-0.25, -0.2) is 0 Å². The molecular weight excluding hydrogens is 428 g/mol. The number of aromatic nitrogens is 1. The van der Waals surface area contributed by atoms with Gasteiger partial charge in [0.05, 0.1) is 10.2 Å². The Balaban J connectivity index is 0.000000396. The van der Waals surface area contributed by atoms with E-state index in [0.29, 0.717) is 0 Å². The van der Waals surface area contributed by atoms with Gasteiger partial charge in [-0.15, -0.1) is 11.3 Å². The summed E-state index contributed by atoms with van der Waals surface area (Å²) in [6.07, 6.45) is 0. The van der Waals surface area contributed by atoms with Gasteiger partial charge in [0.2, 0.25) is 0 Å². The predicted molar refractivity (Wildman–Crippen MR) is 79.7 cm³/mol. The molecule has 0 spiro atoms. The largest absolute Gasteiger partial charge is 0.326 e. The summed E-state index contributed by atoms with van der Waals surface area (Å²) in [6, 6.07) is 8.24. The molecule has 0 N–H and O–H groups in total. The zero-order valence-corrected chi connectivity index (χ0v) is 12.8. The van der Waals surface area contributed by atoms with Gasteiger partial charge in [0.1, 0.15) is 0 Å². The van der Waals surface area contributed by atoms with E-state index in [0.717, 1.165) is 3.95 Å². The molecule has 1 nitrogen and oxygen atoms in total. The van der Waals surface area contributed by atoms with Crippen LogP contribution < -0.4 is 0 Å². The molecule has 1 aromatic carbocycles. The number of rotatable bonds is 0. The molecule has 0 saturated carbocycles. The molecule has 0 atom stereocenters. The van der Waals surface area contributed by atoms with Crippen LogP contribution in [0.5, 0.6) is 0 Å². The number of nitrogens with zero attached hydrogens (tertiary/aromatic N) is 1. The van der Waals surface area contributed by atoms with Crippen molar-refractivity contribution in [1.29, 1.82) is 0 Å². The van der Waals surface area contributed by atoms with Crippen LogP contribution in [0.3, 0.4) is 0 Å². The van der Waals surface area contributed by atoms with E-state index in [-0.39, 0.29) is 0 Å². The molecule has 0 amide bonds. The van der Waals surface area contributed by atoms with Crippen molar-refractivity contribution in [3.8, 4) is 0 Å². The normalized spacial score (nSPS) is 9.46. The molecule has 1 aromatic heterocycles. The topological polar surface area (TPSA) is 4.93 Å². The van der Waals surface area contributed by atoms with Crippen LogP contribution in [0.15, 0.2) is 24.3 Å². The van der Waals surface area contributed by atoms with Gasteiger partial charge in [-0.2, -0.15) is 0 Å². The van der Waals surface area contributed by atoms with Crippen molar-refractivity contribution in [1.82, 2.24) is 4.57 Å². The van der Waals surface area contributed by atoms with Crippen LogP contribution in [-0.2, 0) is 7.05 Å². The van der Waals surface area contributed by atoms with Gasteiger partial charge in [0.15, 0.2) is 3.95 Å². The van der Waals surface area contributed by atoms with Crippen LogP contribution in [0.1, 0.15) is 0 Å². The monoisotopic (exact) mass is 435 g/mol. The first-order valence-electron chi connectivity index (χ1n) is 3.48. The highest BCUT2D eigenvalue weighted by atomic mass is 128. The molecule has 0 aliphatic heterocycles. The minimum atomic E-state index is 0.936. The number of aryl methyl sites for hydroxylation is 1. The minimum absolute atomic E-state index is 0.936. The lowest BCUT2D eigenvalue weighted by Crippen LogP contribution is -1.84. The van der Waals surface area contributed by atoms with E-state index in [2.05, 4.69) is 49.4 Å². The fraction of sp³-hybridized carbons (Fsp3) is 0.125. The quantitative estimate of drug-likeness (QED) is 0.428. The number of fused-ring (bicyclic) bond motifs is 1. The highest BCUT2D eigenvalue weighted by Gasteiger charge is 1.97. The van der Waals surface area contributed by atoms with E-state index in [1.807, 2.05) is 23.7 Å². The maximum absolute atomic E-state index is 5.14. The number of thiazole rings is 1. The lowest BCUT2D eigenvalue weighted by atomic mass is 10.3. The van der Waals surface area contributed by atoms with Gasteiger partial charge in [-0.3, -0.25) is 0 Å². The Hall–Kier alpha value is 0.790. The number of benzene rings is 1. The average molecular weight is 435 g/mol. The summed E-state index contributed by atoms with van der Waals surface area (Å²) in [6.45, 7) is 0. The SMILES string of the molecule is Cn1c(=S)sc2ccccc21.II. The van der Waals surface area contributed by atoms with Gasteiger partial charge >= 0.3 is 0 Å². The zero-order valence-electron chi connectivity index (χ0n) is 6.83. The van der Waals surface area contributed by atoms with Crippen molar-refractivity contribution in [3.63, 3.8) is 0 Å². The minimum Gasteiger partial charge on any atom is -0.326 e. The zero-order chi connectivity index (χ0) is 9.84. The number of hydrogen-bond donors (Lipinski definition) is 0. The van der Waals surface area contributed by atoms with Crippen LogP contribution in [0.2, 0.25) is 0 Å². The number of para-hydroxylation sites is 1. The summed E-state index contributed by atoms with van der Waals surface area (Å²) < 4.78 is 4.24. The second-order valence-electron chi connectivity index (χ2n) is 2.39. The Kier molecular flexibility index (Phi) is 5.13. The molecule has 0 bridgehead atoms. The molecule has 0 saturated heterocycles. The molecule has 2 rings (SSSR count). The molecule has 0 radical (unpaired) electrons. The lowest BCUT2D eigenvalue weighted by molar-refractivity contribution is 0.964. The molecule has 0 fully saturated rings. The lowest BCUT2D eigenvalue weighted by Gasteiger charge is -1.91. The first-order valence-corrected chi connectivity index (χ1v) is 11.0. The first kappa shape index (κ1) is 11.9. The van der Waals surface area contributed by atoms with Crippen molar-refractivity contribution < 1.29 is 0 Å². The molecule has 0 aliphatic carbocycles. The van der Waals surface area contributed by atoms with Crippen molar-refractivity contribution in [2.45, 2.75) is 0 Å². The highest BCUT2D eigenvalue weighted by molar-refractivity contribution is 15.0. The van der Waals surface area contributed by atoms with E-state index in [1.165, 1.54) is 10.2 Å². The smallest absolute Gasteiger partial charge is 0.161 e. The summed E-state index contributed by atoms with van der Waals surface area (Å²) in [5, 5.41) is 0. The number of halogens is 2. The van der Waals surface area contributed by atoms with E-state index < -0.39 is 0 Å². The first-order chi connectivity index (χ1) is 6.29. The van der Waals surface area contributed by atoms with E-state index in [1.54, 1.807) is 11.3 Å². The number of hydrogen-bond acceptors (Lipinski definition) is 2. The van der Waals surface area contributed by atoms with Crippen LogP contribution in [0.25, 0.3) is 10.2 Å². The molecule has 2 aromatic rings. The van der Waals surface area contributed by atoms with Gasteiger partial charge in [0.25, 0.3) is 0 Å². The van der Waals surface area contributed by atoms with Crippen LogP contribution in [0.4, 0.5) is 0 Å². The maximum atomic E-state index is 5.14. The molecule has 0 unspecified atom stereocenters. The molecule has 70 valence electrons. The maximum Gasteiger partial charge on any atom is 0.161 e. The second-order valence-corrected chi connectivity index (χ2v) is 4.07. The molecule has 13 heavy (non-hydrogen) atoms. The Morgan fingerprint density at radius 2 is 1.92 bits per heavy atom. The summed E-state index contributed by atoms with van der Waals surface area (Å²) >= 11 is 11.0. The molecule has 5 heteroatoms. The third kappa shape index (κ3) is 2.63. The van der Waals surface area contributed by atoms with Gasteiger partial charge < -0.3 is 4.57 Å². The van der Waals surface area contributed by atoms with Gasteiger partial charge in [0, 0.05) is 44.3 Å². The Morgan fingerprint density at radius 3 is 2.54 bits per heavy atom. The summed E-state index contributed by atoms with van der Waals surface area (Å²) in [4.78, 5) is 0. The van der Waals surface area contributed by atoms with Crippen LogP contribution >= 0.6 is 60.8 Å².